The molecule has 3 nitrogen and oxygen atoms in total. The van der Waals surface area contributed by atoms with E-state index in [1.165, 1.54) is 0 Å². The lowest BCUT2D eigenvalue weighted by Crippen LogP contribution is -2.01. The molecular formula is C12H13ClN2OS. The molecule has 2 N–H and O–H groups in total. The standard InChI is InChI=1S/C12H13ClN2OS/c1-16-10-3-2-8(13)6-9(10)11-7-15-12(17-11)4-5-14/h2-3,6-7H,4-5,14H2,1H3. The SMILES string of the molecule is COc1ccc(Cl)cc1-c1cnc(CCN)s1. The summed E-state index contributed by atoms with van der Waals surface area (Å²) in [6.07, 6.45) is 2.64. The maximum atomic E-state index is 6.00. The molecule has 0 unspecified atom stereocenters. The lowest BCUT2D eigenvalue weighted by atomic mass is 10.2. The Bertz CT molecular complexity index is 513. The van der Waals surface area contributed by atoms with E-state index in [1.54, 1.807) is 18.4 Å². The van der Waals surface area contributed by atoms with Crippen LogP contribution in [0.2, 0.25) is 5.02 Å². The third-order valence-corrected chi connectivity index (χ3v) is 3.66. The van der Waals surface area contributed by atoms with Crippen molar-refractivity contribution in [3.05, 3.63) is 34.4 Å². The van der Waals surface area contributed by atoms with Gasteiger partial charge in [0.2, 0.25) is 0 Å². The van der Waals surface area contributed by atoms with Gasteiger partial charge in [-0.2, -0.15) is 0 Å². The predicted octanol–water partition coefficient (Wildman–Crippen LogP) is 2.97. The smallest absolute Gasteiger partial charge is 0.127 e. The zero-order chi connectivity index (χ0) is 12.3. The number of aromatic nitrogens is 1. The molecule has 5 heteroatoms. The number of thiazole rings is 1. The highest BCUT2D eigenvalue weighted by Gasteiger charge is 2.10. The van der Waals surface area contributed by atoms with E-state index in [9.17, 15) is 0 Å². The van der Waals surface area contributed by atoms with Gasteiger partial charge in [0.25, 0.3) is 0 Å². The number of nitrogens with zero attached hydrogens (tertiary/aromatic N) is 1. The van der Waals surface area contributed by atoms with Crippen LogP contribution >= 0.6 is 22.9 Å². The van der Waals surface area contributed by atoms with E-state index in [0.29, 0.717) is 11.6 Å². The van der Waals surface area contributed by atoms with Gasteiger partial charge in [0.1, 0.15) is 5.75 Å². The molecule has 0 atom stereocenters. The molecule has 0 saturated heterocycles. The van der Waals surface area contributed by atoms with Crippen LogP contribution < -0.4 is 10.5 Å². The normalized spacial score (nSPS) is 10.5. The lowest BCUT2D eigenvalue weighted by Gasteiger charge is -2.06. The molecule has 1 aromatic carbocycles. The molecule has 0 bridgehead atoms. The number of methoxy groups -OCH3 is 1. The van der Waals surface area contributed by atoms with Crippen molar-refractivity contribution >= 4 is 22.9 Å². The third kappa shape index (κ3) is 2.77. The highest BCUT2D eigenvalue weighted by molar-refractivity contribution is 7.15. The molecule has 0 fully saturated rings. The van der Waals surface area contributed by atoms with Gasteiger partial charge in [-0.3, -0.25) is 0 Å². The van der Waals surface area contributed by atoms with Crippen molar-refractivity contribution in [2.75, 3.05) is 13.7 Å². The van der Waals surface area contributed by atoms with Gasteiger partial charge in [0.05, 0.1) is 17.0 Å². The molecule has 1 aromatic heterocycles. The summed E-state index contributed by atoms with van der Waals surface area (Å²) < 4.78 is 5.32. The minimum atomic E-state index is 0.611. The van der Waals surface area contributed by atoms with Gasteiger partial charge in [-0.25, -0.2) is 4.98 Å². The minimum Gasteiger partial charge on any atom is -0.496 e. The van der Waals surface area contributed by atoms with E-state index in [0.717, 1.165) is 27.6 Å². The Hall–Kier alpha value is -1.10. The first-order chi connectivity index (χ1) is 8.24. The highest BCUT2D eigenvalue weighted by atomic mass is 35.5. The van der Waals surface area contributed by atoms with Crippen LogP contribution in [0, 0.1) is 0 Å². The van der Waals surface area contributed by atoms with Crippen molar-refractivity contribution in [2.45, 2.75) is 6.42 Å². The van der Waals surface area contributed by atoms with Gasteiger partial charge in [0, 0.05) is 23.2 Å². The van der Waals surface area contributed by atoms with Crippen LogP contribution in [0.15, 0.2) is 24.4 Å². The number of hydrogen-bond donors (Lipinski definition) is 1. The summed E-state index contributed by atoms with van der Waals surface area (Å²) in [5.41, 5.74) is 6.48. The van der Waals surface area contributed by atoms with E-state index in [4.69, 9.17) is 22.1 Å². The van der Waals surface area contributed by atoms with Crippen LogP contribution in [-0.4, -0.2) is 18.6 Å². The second-order valence-electron chi connectivity index (χ2n) is 3.50. The lowest BCUT2D eigenvalue weighted by molar-refractivity contribution is 0.416. The Kier molecular flexibility index (Phi) is 3.99. The molecule has 0 spiro atoms. The van der Waals surface area contributed by atoms with Crippen molar-refractivity contribution < 1.29 is 4.74 Å². The summed E-state index contributed by atoms with van der Waals surface area (Å²) in [5, 5.41) is 1.72. The van der Waals surface area contributed by atoms with E-state index in [2.05, 4.69) is 4.98 Å². The monoisotopic (exact) mass is 268 g/mol. The fourth-order valence-electron chi connectivity index (χ4n) is 1.55. The zero-order valence-corrected chi connectivity index (χ0v) is 11.0. The second kappa shape index (κ2) is 5.49. The average Bonchev–Trinajstić information content (AvgIpc) is 2.78. The van der Waals surface area contributed by atoms with E-state index >= 15 is 0 Å². The topological polar surface area (TPSA) is 48.1 Å². The number of halogens is 1. The van der Waals surface area contributed by atoms with E-state index in [1.807, 2.05) is 24.4 Å². The summed E-state index contributed by atoms with van der Waals surface area (Å²) in [4.78, 5) is 5.38. The number of benzene rings is 1. The summed E-state index contributed by atoms with van der Waals surface area (Å²) >= 11 is 7.62. The number of rotatable bonds is 4. The molecule has 2 rings (SSSR count). The summed E-state index contributed by atoms with van der Waals surface area (Å²) in [7, 11) is 1.65. The van der Waals surface area contributed by atoms with Crippen molar-refractivity contribution in [3.8, 4) is 16.2 Å². The fourth-order valence-corrected chi connectivity index (χ4v) is 2.67. The number of hydrogen-bond acceptors (Lipinski definition) is 4. The first kappa shape index (κ1) is 12.4. The van der Waals surface area contributed by atoms with Crippen LogP contribution in [0.25, 0.3) is 10.4 Å². The van der Waals surface area contributed by atoms with Gasteiger partial charge in [0.15, 0.2) is 0 Å². The average molecular weight is 269 g/mol. The summed E-state index contributed by atoms with van der Waals surface area (Å²) in [5.74, 6) is 0.803. The van der Waals surface area contributed by atoms with Crippen LogP contribution in [0.5, 0.6) is 5.75 Å². The molecule has 0 saturated carbocycles. The molecule has 0 amide bonds. The van der Waals surface area contributed by atoms with Crippen molar-refractivity contribution in [1.82, 2.24) is 4.98 Å². The zero-order valence-electron chi connectivity index (χ0n) is 9.44. The maximum absolute atomic E-state index is 6.00. The number of nitrogens with two attached hydrogens (primary N) is 1. The van der Waals surface area contributed by atoms with Gasteiger partial charge in [-0.1, -0.05) is 11.6 Å². The minimum absolute atomic E-state index is 0.611. The first-order valence-corrected chi connectivity index (χ1v) is 6.42. The Morgan fingerprint density at radius 3 is 3.00 bits per heavy atom. The van der Waals surface area contributed by atoms with Crippen molar-refractivity contribution in [3.63, 3.8) is 0 Å². The maximum Gasteiger partial charge on any atom is 0.127 e. The molecule has 1 heterocycles. The molecule has 0 radical (unpaired) electrons. The summed E-state index contributed by atoms with van der Waals surface area (Å²) in [6, 6.07) is 5.56. The second-order valence-corrected chi connectivity index (χ2v) is 5.05. The highest BCUT2D eigenvalue weighted by Crippen LogP contribution is 2.35. The van der Waals surface area contributed by atoms with Crippen LogP contribution in [-0.2, 0) is 6.42 Å². The molecule has 0 aliphatic heterocycles. The van der Waals surface area contributed by atoms with Gasteiger partial charge in [-0.05, 0) is 24.7 Å². The van der Waals surface area contributed by atoms with Crippen molar-refractivity contribution in [1.29, 1.82) is 0 Å². The quantitative estimate of drug-likeness (QED) is 0.927. The Balaban J connectivity index is 2.40. The van der Waals surface area contributed by atoms with Crippen LogP contribution in [0.3, 0.4) is 0 Å². The molecule has 17 heavy (non-hydrogen) atoms. The number of ether oxygens (including phenoxy) is 1. The Labute approximate surface area is 109 Å². The molecular weight excluding hydrogens is 256 g/mol. The van der Waals surface area contributed by atoms with Crippen molar-refractivity contribution in [2.24, 2.45) is 5.73 Å². The van der Waals surface area contributed by atoms with Gasteiger partial charge in [-0.15, -0.1) is 11.3 Å². The molecule has 90 valence electrons. The molecule has 2 aromatic rings. The van der Waals surface area contributed by atoms with E-state index < -0.39 is 0 Å². The van der Waals surface area contributed by atoms with Crippen LogP contribution in [0.1, 0.15) is 5.01 Å². The largest absolute Gasteiger partial charge is 0.496 e. The third-order valence-electron chi connectivity index (χ3n) is 2.34. The van der Waals surface area contributed by atoms with Gasteiger partial charge < -0.3 is 10.5 Å². The van der Waals surface area contributed by atoms with Crippen LogP contribution in [0.4, 0.5) is 0 Å². The Morgan fingerprint density at radius 2 is 2.29 bits per heavy atom. The molecule has 0 aliphatic rings. The Morgan fingerprint density at radius 1 is 1.47 bits per heavy atom. The predicted molar refractivity (Wildman–Crippen MR) is 71.9 cm³/mol. The first-order valence-electron chi connectivity index (χ1n) is 5.23. The van der Waals surface area contributed by atoms with E-state index in [-0.39, 0.29) is 0 Å². The summed E-state index contributed by atoms with van der Waals surface area (Å²) in [6.45, 7) is 0.611. The molecule has 0 aliphatic carbocycles. The fraction of sp³-hybridized carbons (Fsp3) is 0.250. The van der Waals surface area contributed by atoms with Gasteiger partial charge >= 0.3 is 0 Å².